The van der Waals surface area contributed by atoms with Crippen LogP contribution in [0.25, 0.3) is 10.7 Å². The van der Waals surface area contributed by atoms with Gasteiger partial charge in [0.15, 0.2) is 0 Å². The number of thiazole rings is 2. The van der Waals surface area contributed by atoms with Crippen molar-refractivity contribution >= 4 is 22.7 Å². The first-order valence-electron chi connectivity index (χ1n) is 6.57. The summed E-state index contributed by atoms with van der Waals surface area (Å²) in [5, 5.41) is 9.80. The molecule has 104 valence electrons. The van der Waals surface area contributed by atoms with E-state index in [2.05, 4.69) is 50.7 Å². The second-order valence-corrected chi connectivity index (χ2v) is 7.36. The summed E-state index contributed by atoms with van der Waals surface area (Å²) in [5.41, 5.74) is 2.22. The van der Waals surface area contributed by atoms with Gasteiger partial charge in [0.25, 0.3) is 0 Å². The summed E-state index contributed by atoms with van der Waals surface area (Å²) in [4.78, 5) is 9.41. The molecule has 0 aliphatic rings. The van der Waals surface area contributed by atoms with Crippen LogP contribution in [0.15, 0.2) is 10.8 Å². The molecule has 2 rings (SSSR count). The summed E-state index contributed by atoms with van der Waals surface area (Å²) in [6.45, 7) is 11.8. The van der Waals surface area contributed by atoms with Gasteiger partial charge in [0.05, 0.1) is 10.7 Å². The molecule has 0 aliphatic carbocycles. The first-order valence-corrected chi connectivity index (χ1v) is 8.33. The predicted molar refractivity (Wildman–Crippen MR) is 84.0 cm³/mol. The Balaban J connectivity index is 2.21. The highest BCUT2D eigenvalue weighted by Crippen LogP contribution is 2.32. The Morgan fingerprint density at radius 3 is 2.53 bits per heavy atom. The highest BCUT2D eigenvalue weighted by atomic mass is 32.1. The lowest BCUT2D eigenvalue weighted by Gasteiger charge is -2.13. The average molecular weight is 295 g/mol. The minimum absolute atomic E-state index is 0.111. The Morgan fingerprint density at radius 2 is 1.95 bits per heavy atom. The van der Waals surface area contributed by atoms with E-state index in [1.807, 2.05) is 0 Å². The van der Waals surface area contributed by atoms with Crippen molar-refractivity contribution in [2.45, 2.75) is 46.1 Å². The molecule has 1 N–H and O–H groups in total. The second kappa shape index (κ2) is 5.69. The summed E-state index contributed by atoms with van der Waals surface area (Å²) in [6.07, 6.45) is 0. The van der Waals surface area contributed by atoms with Crippen LogP contribution in [0, 0.1) is 0 Å². The number of nitrogens with one attached hydrogen (secondary N) is 1. The minimum Gasteiger partial charge on any atom is -0.309 e. The molecule has 1 atom stereocenters. The lowest BCUT2D eigenvalue weighted by Crippen LogP contribution is -2.17. The van der Waals surface area contributed by atoms with Crippen LogP contribution in [0.2, 0.25) is 0 Å². The Labute approximate surface area is 123 Å². The van der Waals surface area contributed by atoms with Gasteiger partial charge in [0, 0.05) is 22.2 Å². The molecule has 5 heteroatoms. The molecule has 0 spiro atoms. The fraction of sp³-hybridized carbons (Fsp3) is 0.571. The molecule has 2 heterocycles. The van der Waals surface area contributed by atoms with Crippen LogP contribution in [-0.2, 0) is 5.41 Å². The lowest BCUT2D eigenvalue weighted by atomic mass is 9.98. The van der Waals surface area contributed by atoms with Crippen LogP contribution in [0.5, 0.6) is 0 Å². The smallest absolute Gasteiger partial charge is 0.143 e. The van der Waals surface area contributed by atoms with E-state index in [-0.39, 0.29) is 5.41 Å². The van der Waals surface area contributed by atoms with Crippen LogP contribution >= 0.6 is 22.7 Å². The molecule has 0 aliphatic heterocycles. The van der Waals surface area contributed by atoms with Gasteiger partial charge in [0.1, 0.15) is 10.7 Å². The van der Waals surface area contributed by atoms with E-state index < -0.39 is 0 Å². The molecule has 3 nitrogen and oxygen atoms in total. The standard InChI is InChI=1S/C14H21N3S2/c1-6-15-9(2)10-7-18-12(16-10)11-8-19-13(17-11)14(3,4)5/h7-9,15H,6H2,1-5H3. The Kier molecular flexibility index (Phi) is 4.38. The predicted octanol–water partition coefficient (Wildman–Crippen LogP) is 4.23. The van der Waals surface area contributed by atoms with Gasteiger partial charge in [-0.15, -0.1) is 22.7 Å². The molecule has 2 aromatic rings. The van der Waals surface area contributed by atoms with Crippen LogP contribution < -0.4 is 5.32 Å². The van der Waals surface area contributed by atoms with Crippen LogP contribution in [0.4, 0.5) is 0 Å². The summed E-state index contributed by atoms with van der Waals surface area (Å²) >= 11 is 3.39. The van der Waals surface area contributed by atoms with Crippen molar-refractivity contribution < 1.29 is 0 Å². The maximum atomic E-state index is 4.72. The fourth-order valence-electron chi connectivity index (χ4n) is 1.73. The van der Waals surface area contributed by atoms with Gasteiger partial charge < -0.3 is 5.32 Å². The summed E-state index contributed by atoms with van der Waals surface area (Å²) in [7, 11) is 0. The Hall–Kier alpha value is -0.780. The quantitative estimate of drug-likeness (QED) is 0.917. The third-order valence-corrected chi connectivity index (χ3v) is 4.99. The van der Waals surface area contributed by atoms with E-state index in [1.54, 1.807) is 22.7 Å². The normalized spacial score (nSPS) is 13.7. The molecule has 0 bridgehead atoms. The molecule has 2 aromatic heterocycles. The molecule has 0 saturated carbocycles. The first-order chi connectivity index (χ1) is 8.91. The van der Waals surface area contributed by atoms with Crippen molar-refractivity contribution in [1.82, 2.24) is 15.3 Å². The van der Waals surface area contributed by atoms with Crippen molar-refractivity contribution in [2.75, 3.05) is 6.54 Å². The highest BCUT2D eigenvalue weighted by molar-refractivity contribution is 7.14. The van der Waals surface area contributed by atoms with Crippen molar-refractivity contribution in [1.29, 1.82) is 0 Å². The van der Waals surface area contributed by atoms with E-state index >= 15 is 0 Å². The van der Waals surface area contributed by atoms with Gasteiger partial charge in [0.2, 0.25) is 0 Å². The van der Waals surface area contributed by atoms with Crippen molar-refractivity contribution in [3.63, 3.8) is 0 Å². The highest BCUT2D eigenvalue weighted by Gasteiger charge is 2.19. The zero-order chi connectivity index (χ0) is 14.0. The van der Waals surface area contributed by atoms with Gasteiger partial charge in [-0.2, -0.15) is 0 Å². The minimum atomic E-state index is 0.111. The molecule has 19 heavy (non-hydrogen) atoms. The van der Waals surface area contributed by atoms with E-state index in [0.717, 1.165) is 22.9 Å². The fourth-order valence-corrected chi connectivity index (χ4v) is 3.57. The molecule has 1 unspecified atom stereocenters. The molecule has 0 fully saturated rings. The largest absolute Gasteiger partial charge is 0.309 e. The summed E-state index contributed by atoms with van der Waals surface area (Å²) in [6, 6.07) is 0.302. The van der Waals surface area contributed by atoms with Crippen molar-refractivity contribution in [2.24, 2.45) is 0 Å². The number of rotatable bonds is 4. The number of hydrogen-bond donors (Lipinski definition) is 1. The zero-order valence-corrected chi connectivity index (χ0v) is 13.8. The topological polar surface area (TPSA) is 37.8 Å². The first kappa shape index (κ1) is 14.6. The third kappa shape index (κ3) is 3.41. The van der Waals surface area contributed by atoms with E-state index in [0.29, 0.717) is 6.04 Å². The van der Waals surface area contributed by atoms with Crippen LogP contribution in [-0.4, -0.2) is 16.5 Å². The average Bonchev–Trinajstić information content (AvgIpc) is 2.97. The number of aromatic nitrogens is 2. The molecule has 0 aromatic carbocycles. The van der Waals surface area contributed by atoms with Gasteiger partial charge in [-0.25, -0.2) is 9.97 Å². The van der Waals surface area contributed by atoms with Crippen molar-refractivity contribution in [3.05, 3.63) is 21.5 Å². The van der Waals surface area contributed by atoms with Crippen molar-refractivity contribution in [3.8, 4) is 10.7 Å². The van der Waals surface area contributed by atoms with E-state index in [9.17, 15) is 0 Å². The zero-order valence-electron chi connectivity index (χ0n) is 12.2. The molecular weight excluding hydrogens is 274 g/mol. The maximum absolute atomic E-state index is 4.72. The van der Waals surface area contributed by atoms with Crippen LogP contribution in [0.1, 0.15) is 51.4 Å². The van der Waals surface area contributed by atoms with Gasteiger partial charge in [-0.1, -0.05) is 27.7 Å². The number of nitrogens with zero attached hydrogens (tertiary/aromatic N) is 2. The molecule has 0 radical (unpaired) electrons. The number of hydrogen-bond acceptors (Lipinski definition) is 5. The van der Waals surface area contributed by atoms with Gasteiger partial charge >= 0.3 is 0 Å². The summed E-state index contributed by atoms with van der Waals surface area (Å²) in [5.74, 6) is 0. The monoisotopic (exact) mass is 295 g/mol. The Morgan fingerprint density at radius 1 is 1.21 bits per heavy atom. The molecule has 0 amide bonds. The van der Waals surface area contributed by atoms with Gasteiger partial charge in [-0.05, 0) is 13.5 Å². The van der Waals surface area contributed by atoms with E-state index in [1.165, 1.54) is 5.01 Å². The molecular formula is C14H21N3S2. The van der Waals surface area contributed by atoms with Gasteiger partial charge in [-0.3, -0.25) is 0 Å². The van der Waals surface area contributed by atoms with E-state index in [4.69, 9.17) is 9.97 Å². The SMILES string of the molecule is CCNC(C)c1csc(-c2csc(C(C)(C)C)n2)n1. The molecule has 0 saturated heterocycles. The van der Waals surface area contributed by atoms with Crippen LogP contribution in [0.3, 0.4) is 0 Å². The third-order valence-electron chi connectivity index (χ3n) is 2.84. The lowest BCUT2D eigenvalue weighted by molar-refractivity contribution is 0.584. The summed E-state index contributed by atoms with van der Waals surface area (Å²) < 4.78 is 0. The Bertz CT molecular complexity index is 537. The maximum Gasteiger partial charge on any atom is 0.143 e. The second-order valence-electron chi connectivity index (χ2n) is 5.64.